The molecule has 48 heavy (non-hydrogen) atoms. The SMILES string of the molecule is Cc1cc(C(=O)Nc2cccc(C#Cc3cncc(C(=O)NS(=O)(=CCCCC(=O)N(C)CC(O)CO)c4ccccc4)c3)c2)n(C)n1. The van der Waals surface area contributed by atoms with E-state index < -0.39 is 28.3 Å². The summed E-state index contributed by atoms with van der Waals surface area (Å²) in [5.74, 6) is 4.87. The number of nitrogens with one attached hydrogen (secondary N) is 2. The van der Waals surface area contributed by atoms with Crippen LogP contribution in [-0.4, -0.2) is 83.5 Å². The molecular formula is C35H38N6O6S. The summed E-state index contributed by atoms with van der Waals surface area (Å²) in [6.45, 7) is 1.37. The molecule has 0 spiro atoms. The molecule has 0 fully saturated rings. The lowest BCUT2D eigenvalue weighted by atomic mass is 10.1. The van der Waals surface area contributed by atoms with Crippen LogP contribution >= 0.6 is 0 Å². The van der Waals surface area contributed by atoms with Crippen LogP contribution in [0.5, 0.6) is 0 Å². The van der Waals surface area contributed by atoms with Crippen molar-refractivity contribution in [3.63, 3.8) is 0 Å². The third-order valence-corrected chi connectivity index (χ3v) is 9.28. The quantitative estimate of drug-likeness (QED) is 0.101. The number of aliphatic hydroxyl groups is 2. The van der Waals surface area contributed by atoms with E-state index in [2.05, 4.69) is 32.0 Å². The molecule has 3 amide bonds. The van der Waals surface area contributed by atoms with E-state index >= 15 is 0 Å². The number of nitrogens with zero attached hydrogens (tertiary/aromatic N) is 4. The number of carbonyl (C=O) groups excluding carboxylic acids is 3. The number of aryl methyl sites for hydroxylation is 2. The molecule has 4 N–H and O–H groups in total. The molecule has 2 atom stereocenters. The highest BCUT2D eigenvalue weighted by molar-refractivity contribution is 8.00. The molecular weight excluding hydrogens is 632 g/mol. The maximum atomic E-state index is 14.1. The van der Waals surface area contributed by atoms with Crippen molar-refractivity contribution in [2.75, 3.05) is 25.5 Å². The lowest BCUT2D eigenvalue weighted by molar-refractivity contribution is -0.131. The second kappa shape index (κ2) is 16.5. The number of carbonyl (C=O) groups is 3. The molecule has 0 radical (unpaired) electrons. The van der Waals surface area contributed by atoms with Gasteiger partial charge in [-0.05, 0) is 67.6 Å². The predicted octanol–water partition coefficient (Wildman–Crippen LogP) is 2.55. The first-order valence-corrected chi connectivity index (χ1v) is 16.8. The molecule has 4 rings (SSSR count). The maximum Gasteiger partial charge on any atom is 0.273 e. The Hall–Kier alpha value is -5.29. The van der Waals surface area contributed by atoms with Gasteiger partial charge >= 0.3 is 0 Å². The Kier molecular flexibility index (Phi) is 12.2. The van der Waals surface area contributed by atoms with Gasteiger partial charge in [-0.2, -0.15) is 5.10 Å². The number of likely N-dealkylation sites (N-methyl/N-ethyl adjacent to an activating group) is 1. The first-order valence-electron chi connectivity index (χ1n) is 15.1. The van der Waals surface area contributed by atoms with Crippen LogP contribution in [-0.2, 0) is 21.5 Å². The van der Waals surface area contributed by atoms with Gasteiger partial charge in [-0.15, -0.1) is 0 Å². The van der Waals surface area contributed by atoms with Crippen molar-refractivity contribution in [1.29, 1.82) is 0 Å². The molecule has 0 aliphatic heterocycles. The molecule has 0 aliphatic rings. The number of aromatic nitrogens is 3. The summed E-state index contributed by atoms with van der Waals surface area (Å²) in [6.07, 6.45) is 2.60. The van der Waals surface area contributed by atoms with Gasteiger partial charge < -0.3 is 20.4 Å². The summed E-state index contributed by atoms with van der Waals surface area (Å²) >= 11 is 0. The molecule has 2 heterocycles. The minimum Gasteiger partial charge on any atom is -0.394 e. The monoisotopic (exact) mass is 670 g/mol. The summed E-state index contributed by atoms with van der Waals surface area (Å²) in [4.78, 5) is 44.3. The number of pyridine rings is 1. The van der Waals surface area contributed by atoms with Crippen molar-refractivity contribution < 1.29 is 28.8 Å². The van der Waals surface area contributed by atoms with Gasteiger partial charge in [-0.3, -0.25) is 28.8 Å². The molecule has 0 bridgehead atoms. The Morgan fingerprint density at radius 3 is 2.48 bits per heavy atom. The number of rotatable bonds is 12. The van der Waals surface area contributed by atoms with E-state index in [-0.39, 0.29) is 36.8 Å². The summed E-state index contributed by atoms with van der Waals surface area (Å²) in [5, 5.41) is 27.1. The van der Waals surface area contributed by atoms with Crippen molar-refractivity contribution in [2.45, 2.75) is 37.2 Å². The van der Waals surface area contributed by atoms with Crippen molar-refractivity contribution in [1.82, 2.24) is 24.4 Å². The van der Waals surface area contributed by atoms with Gasteiger partial charge in [-0.25, -0.2) is 4.21 Å². The van der Waals surface area contributed by atoms with Gasteiger partial charge in [0, 0.05) is 61.2 Å². The third kappa shape index (κ3) is 9.85. The number of aliphatic hydroxyl groups excluding tert-OH is 2. The molecule has 2 aromatic carbocycles. The predicted molar refractivity (Wildman–Crippen MR) is 184 cm³/mol. The molecule has 12 nitrogen and oxygen atoms in total. The molecule has 13 heteroatoms. The Bertz CT molecular complexity index is 1960. The van der Waals surface area contributed by atoms with Crippen LogP contribution in [0, 0.1) is 18.8 Å². The third-order valence-electron chi connectivity index (χ3n) is 7.11. The van der Waals surface area contributed by atoms with E-state index in [1.54, 1.807) is 73.8 Å². The number of amides is 3. The Morgan fingerprint density at radius 2 is 1.77 bits per heavy atom. The average molecular weight is 671 g/mol. The van der Waals surface area contributed by atoms with Gasteiger partial charge in [-0.1, -0.05) is 36.1 Å². The summed E-state index contributed by atoms with van der Waals surface area (Å²) < 4.78 is 18.3. The zero-order valence-electron chi connectivity index (χ0n) is 26.9. The summed E-state index contributed by atoms with van der Waals surface area (Å²) in [6, 6.07) is 18.8. The molecule has 2 aromatic heterocycles. The zero-order chi connectivity index (χ0) is 34.7. The first kappa shape index (κ1) is 35.6. The number of benzene rings is 2. The van der Waals surface area contributed by atoms with Crippen molar-refractivity contribution in [3.8, 4) is 11.8 Å². The van der Waals surface area contributed by atoms with Crippen LogP contribution in [0.1, 0.15) is 56.9 Å². The maximum absolute atomic E-state index is 14.1. The van der Waals surface area contributed by atoms with Crippen LogP contribution in [0.4, 0.5) is 5.69 Å². The van der Waals surface area contributed by atoms with Crippen molar-refractivity contribution >= 4 is 38.5 Å². The Balaban J connectivity index is 1.46. The van der Waals surface area contributed by atoms with Crippen LogP contribution < -0.4 is 10.0 Å². The van der Waals surface area contributed by atoms with Crippen LogP contribution in [0.2, 0.25) is 0 Å². The average Bonchev–Trinajstić information content (AvgIpc) is 3.43. The van der Waals surface area contributed by atoms with E-state index in [9.17, 15) is 23.7 Å². The minimum atomic E-state index is -3.19. The fourth-order valence-corrected chi connectivity index (χ4v) is 6.50. The topological polar surface area (TPSA) is 167 Å². The second-order valence-electron chi connectivity index (χ2n) is 11.1. The fourth-order valence-electron chi connectivity index (χ4n) is 4.65. The van der Waals surface area contributed by atoms with Crippen molar-refractivity contribution in [2.24, 2.45) is 7.05 Å². The lowest BCUT2D eigenvalue weighted by Crippen LogP contribution is -2.35. The fraction of sp³-hybridized carbons (Fsp3) is 0.257. The zero-order valence-corrected chi connectivity index (χ0v) is 27.7. The normalized spacial score (nSPS) is 12.5. The lowest BCUT2D eigenvalue weighted by Gasteiger charge is -2.19. The molecule has 0 aliphatic carbocycles. The van der Waals surface area contributed by atoms with Crippen LogP contribution in [0.15, 0.2) is 84.0 Å². The van der Waals surface area contributed by atoms with Crippen LogP contribution in [0.25, 0.3) is 0 Å². The number of unbranched alkanes of at least 4 members (excludes halogenated alkanes) is 1. The Labute approximate surface area is 280 Å². The van der Waals surface area contributed by atoms with Crippen LogP contribution in [0.3, 0.4) is 0 Å². The first-order chi connectivity index (χ1) is 23.0. The Morgan fingerprint density at radius 1 is 1.02 bits per heavy atom. The molecule has 250 valence electrons. The molecule has 0 saturated heterocycles. The molecule has 4 aromatic rings. The smallest absolute Gasteiger partial charge is 0.273 e. The number of hydrogen-bond acceptors (Lipinski definition) is 8. The summed E-state index contributed by atoms with van der Waals surface area (Å²) in [7, 11) is 0.0482. The highest BCUT2D eigenvalue weighted by atomic mass is 32.2. The minimum absolute atomic E-state index is 0.00444. The van der Waals surface area contributed by atoms with E-state index in [0.717, 1.165) is 5.69 Å². The van der Waals surface area contributed by atoms with Gasteiger partial charge in [0.05, 0.1) is 33.7 Å². The van der Waals surface area contributed by atoms with Gasteiger partial charge in [0.1, 0.15) is 5.69 Å². The van der Waals surface area contributed by atoms with Gasteiger partial charge in [0.2, 0.25) is 5.91 Å². The van der Waals surface area contributed by atoms with Gasteiger partial charge in [0.25, 0.3) is 11.8 Å². The van der Waals surface area contributed by atoms with Gasteiger partial charge in [0.15, 0.2) is 0 Å². The number of hydrogen-bond donors (Lipinski definition) is 4. The van der Waals surface area contributed by atoms with E-state index in [0.29, 0.717) is 33.8 Å². The van der Waals surface area contributed by atoms with E-state index in [1.165, 1.54) is 34.4 Å². The van der Waals surface area contributed by atoms with E-state index in [1.807, 2.05) is 6.92 Å². The highest BCUT2D eigenvalue weighted by Crippen LogP contribution is 2.14. The van der Waals surface area contributed by atoms with E-state index in [4.69, 9.17) is 5.11 Å². The van der Waals surface area contributed by atoms with Crippen molar-refractivity contribution in [3.05, 3.63) is 107 Å². The molecule has 0 saturated carbocycles. The summed E-state index contributed by atoms with van der Waals surface area (Å²) in [5.41, 5.74) is 2.95. The number of anilines is 1. The standard InChI is InChI=1S/C35H38N6O6S/c1-25-18-32(41(3)38-25)35(46)37-29-11-9-10-26(20-29)15-16-27-19-28(22-36-21-27)34(45)39-48(47,31-12-5-4-6-13-31)17-8-7-14-33(44)40(2)23-30(43)24-42/h4-6,9-13,17-22,30,42-43H,7-8,14,23-24H2,1-3H3,(H,37,46)(H,39,45,47). The highest BCUT2D eigenvalue weighted by Gasteiger charge is 2.18. The largest absolute Gasteiger partial charge is 0.394 e. The molecule has 2 unspecified atom stereocenters. The second-order valence-corrected chi connectivity index (χ2v) is 13.3.